The number of nitrogens with one attached hydrogen (secondary N) is 1. The van der Waals surface area contributed by atoms with Gasteiger partial charge in [-0.05, 0) is 42.0 Å². The quantitative estimate of drug-likeness (QED) is 0.521. The summed E-state index contributed by atoms with van der Waals surface area (Å²) < 4.78 is 15.6. The van der Waals surface area contributed by atoms with Gasteiger partial charge in [0.05, 0.1) is 17.8 Å². The number of amides is 1. The van der Waals surface area contributed by atoms with Gasteiger partial charge in [0.25, 0.3) is 0 Å². The van der Waals surface area contributed by atoms with Crippen LogP contribution >= 0.6 is 0 Å². The van der Waals surface area contributed by atoms with Crippen LogP contribution in [0.3, 0.4) is 0 Å². The van der Waals surface area contributed by atoms with Crippen LogP contribution in [0.25, 0.3) is 28.2 Å². The molecule has 1 amide bonds. The van der Waals surface area contributed by atoms with E-state index in [0.29, 0.717) is 12.1 Å². The standard InChI is InChI=1S/C24H20FN5O2/c25-18-4-1-15(2-5-18)21-22(16-3-6-19-17(9-16)10-20(32)27-19)30-8-7-26-23(24(30)28-21)29-11-14(12-29)13-31/h1-9,14,31H,10-13H2,(H,27,32). The summed E-state index contributed by atoms with van der Waals surface area (Å²) in [4.78, 5) is 23.5. The molecule has 2 aromatic carbocycles. The molecule has 0 unspecified atom stereocenters. The molecular weight excluding hydrogens is 409 g/mol. The van der Waals surface area contributed by atoms with Crippen LogP contribution in [0.2, 0.25) is 0 Å². The van der Waals surface area contributed by atoms with Gasteiger partial charge in [-0.2, -0.15) is 0 Å². The number of anilines is 2. The van der Waals surface area contributed by atoms with E-state index in [0.717, 1.165) is 52.7 Å². The van der Waals surface area contributed by atoms with E-state index in [9.17, 15) is 14.3 Å². The molecular formula is C24H20FN5O2. The SMILES string of the molecule is O=C1Cc2cc(-c3c(-c4ccc(F)cc4)nc4c(N5CC(CO)C5)nccn34)ccc2N1. The molecule has 4 heterocycles. The number of nitrogens with zero attached hydrogens (tertiary/aromatic N) is 4. The van der Waals surface area contributed by atoms with Crippen molar-refractivity contribution in [3.63, 3.8) is 0 Å². The zero-order valence-electron chi connectivity index (χ0n) is 17.1. The number of hydrogen-bond acceptors (Lipinski definition) is 5. The number of halogens is 1. The Kier molecular flexibility index (Phi) is 4.22. The van der Waals surface area contributed by atoms with Crippen LogP contribution in [0.1, 0.15) is 5.56 Å². The van der Waals surface area contributed by atoms with Gasteiger partial charge in [0.1, 0.15) is 5.82 Å². The minimum atomic E-state index is -0.306. The third kappa shape index (κ3) is 2.95. The summed E-state index contributed by atoms with van der Waals surface area (Å²) in [6, 6.07) is 12.2. The molecule has 160 valence electrons. The number of benzene rings is 2. The van der Waals surface area contributed by atoms with Crippen molar-refractivity contribution in [2.24, 2.45) is 5.92 Å². The normalized spacial score (nSPS) is 15.7. The van der Waals surface area contributed by atoms with Crippen LogP contribution in [0.15, 0.2) is 54.9 Å². The lowest BCUT2D eigenvalue weighted by molar-refractivity contribution is -0.115. The molecule has 2 aromatic heterocycles. The van der Waals surface area contributed by atoms with Gasteiger partial charge in [0.15, 0.2) is 11.5 Å². The van der Waals surface area contributed by atoms with E-state index in [1.54, 1.807) is 18.3 Å². The summed E-state index contributed by atoms with van der Waals surface area (Å²) in [7, 11) is 0. The number of aliphatic hydroxyl groups excluding tert-OH is 1. The molecule has 0 spiro atoms. The van der Waals surface area contributed by atoms with Crippen molar-refractivity contribution in [2.75, 3.05) is 29.9 Å². The Balaban J connectivity index is 1.56. The number of imidazole rings is 1. The number of aromatic nitrogens is 3. The van der Waals surface area contributed by atoms with Gasteiger partial charge in [-0.25, -0.2) is 14.4 Å². The molecule has 2 N–H and O–H groups in total. The molecule has 2 aliphatic heterocycles. The van der Waals surface area contributed by atoms with E-state index in [1.165, 1.54) is 12.1 Å². The van der Waals surface area contributed by atoms with Crippen molar-refractivity contribution in [1.29, 1.82) is 0 Å². The zero-order valence-corrected chi connectivity index (χ0v) is 17.1. The van der Waals surface area contributed by atoms with Gasteiger partial charge in [-0.3, -0.25) is 9.20 Å². The first-order chi connectivity index (χ1) is 15.6. The molecule has 2 aliphatic rings. The minimum absolute atomic E-state index is 0.0169. The van der Waals surface area contributed by atoms with E-state index >= 15 is 0 Å². The highest BCUT2D eigenvalue weighted by Gasteiger charge is 2.30. The number of hydrogen-bond donors (Lipinski definition) is 2. The molecule has 1 saturated heterocycles. The smallest absolute Gasteiger partial charge is 0.228 e. The number of rotatable bonds is 4. The lowest BCUT2D eigenvalue weighted by Gasteiger charge is -2.39. The largest absolute Gasteiger partial charge is 0.396 e. The summed E-state index contributed by atoms with van der Waals surface area (Å²) >= 11 is 0. The van der Waals surface area contributed by atoms with Crippen molar-refractivity contribution in [2.45, 2.75) is 6.42 Å². The number of fused-ring (bicyclic) bond motifs is 2. The van der Waals surface area contributed by atoms with Gasteiger partial charge in [-0.15, -0.1) is 0 Å². The average molecular weight is 429 g/mol. The van der Waals surface area contributed by atoms with E-state index in [-0.39, 0.29) is 24.2 Å². The molecule has 7 nitrogen and oxygen atoms in total. The second-order valence-corrected chi connectivity index (χ2v) is 8.31. The van der Waals surface area contributed by atoms with Crippen LogP contribution in [0.4, 0.5) is 15.9 Å². The van der Waals surface area contributed by atoms with Crippen molar-refractivity contribution in [3.05, 3.63) is 66.2 Å². The Labute approximate surface area is 183 Å². The van der Waals surface area contributed by atoms with Gasteiger partial charge in [0.2, 0.25) is 5.91 Å². The monoisotopic (exact) mass is 429 g/mol. The van der Waals surface area contributed by atoms with Crippen LogP contribution in [-0.2, 0) is 11.2 Å². The van der Waals surface area contributed by atoms with Crippen molar-refractivity contribution < 1.29 is 14.3 Å². The van der Waals surface area contributed by atoms with E-state index < -0.39 is 0 Å². The Bertz CT molecular complexity index is 1360. The van der Waals surface area contributed by atoms with Crippen molar-refractivity contribution in [3.8, 4) is 22.5 Å². The summed E-state index contributed by atoms with van der Waals surface area (Å²) in [5, 5.41) is 12.3. The highest BCUT2D eigenvalue weighted by atomic mass is 19.1. The first kappa shape index (κ1) is 18.9. The predicted octanol–water partition coefficient (Wildman–Crippen LogP) is 3.13. The van der Waals surface area contributed by atoms with E-state index in [2.05, 4.69) is 15.2 Å². The highest BCUT2D eigenvalue weighted by Crippen LogP contribution is 2.38. The van der Waals surface area contributed by atoms with E-state index in [1.807, 2.05) is 28.8 Å². The first-order valence-corrected chi connectivity index (χ1v) is 10.5. The fourth-order valence-corrected chi connectivity index (χ4v) is 4.51. The Morgan fingerprint density at radius 3 is 2.69 bits per heavy atom. The minimum Gasteiger partial charge on any atom is -0.396 e. The molecule has 0 saturated carbocycles. The maximum Gasteiger partial charge on any atom is 0.228 e. The Morgan fingerprint density at radius 1 is 1.12 bits per heavy atom. The van der Waals surface area contributed by atoms with Gasteiger partial charge >= 0.3 is 0 Å². The average Bonchev–Trinajstić information content (AvgIpc) is 3.33. The highest BCUT2D eigenvalue weighted by molar-refractivity contribution is 6.00. The number of aliphatic hydroxyl groups is 1. The summed E-state index contributed by atoms with van der Waals surface area (Å²) in [5.41, 5.74) is 5.76. The second kappa shape index (κ2) is 7.13. The summed E-state index contributed by atoms with van der Waals surface area (Å²) in [6.07, 6.45) is 3.95. The fourth-order valence-electron chi connectivity index (χ4n) is 4.51. The van der Waals surface area contributed by atoms with Gasteiger partial charge in [-0.1, -0.05) is 6.07 Å². The van der Waals surface area contributed by atoms with Crippen molar-refractivity contribution >= 4 is 23.1 Å². The van der Waals surface area contributed by atoms with E-state index in [4.69, 9.17) is 4.98 Å². The maximum atomic E-state index is 13.6. The molecule has 0 atom stereocenters. The topological polar surface area (TPSA) is 82.8 Å². The Morgan fingerprint density at radius 2 is 1.91 bits per heavy atom. The number of carbonyl (C=O) groups is 1. The van der Waals surface area contributed by atoms with Crippen LogP contribution in [0.5, 0.6) is 0 Å². The molecule has 4 aromatic rings. The third-order valence-corrected chi connectivity index (χ3v) is 6.16. The molecule has 6 rings (SSSR count). The second-order valence-electron chi connectivity index (χ2n) is 8.31. The summed E-state index contributed by atoms with van der Waals surface area (Å²) in [6.45, 7) is 1.61. The maximum absolute atomic E-state index is 13.6. The lowest BCUT2D eigenvalue weighted by Crippen LogP contribution is -2.49. The zero-order chi connectivity index (χ0) is 21.8. The lowest BCUT2D eigenvalue weighted by atomic mass is 10.0. The van der Waals surface area contributed by atoms with Crippen LogP contribution < -0.4 is 10.2 Å². The molecule has 8 heteroatoms. The van der Waals surface area contributed by atoms with Crippen molar-refractivity contribution in [1.82, 2.24) is 14.4 Å². The predicted molar refractivity (Wildman–Crippen MR) is 119 cm³/mol. The molecule has 1 fully saturated rings. The van der Waals surface area contributed by atoms with Gasteiger partial charge < -0.3 is 15.3 Å². The Hall–Kier alpha value is -3.78. The molecule has 0 aliphatic carbocycles. The fraction of sp³-hybridized carbons (Fsp3) is 0.208. The first-order valence-electron chi connectivity index (χ1n) is 10.5. The van der Waals surface area contributed by atoms with Crippen LogP contribution in [-0.4, -0.2) is 45.1 Å². The number of carbonyl (C=O) groups excluding carboxylic acids is 1. The van der Waals surface area contributed by atoms with Gasteiger partial charge in [0, 0.05) is 54.8 Å². The summed E-state index contributed by atoms with van der Waals surface area (Å²) in [5.74, 6) is 0.672. The molecule has 0 radical (unpaired) electrons. The molecule has 0 bridgehead atoms. The molecule has 32 heavy (non-hydrogen) atoms. The van der Waals surface area contributed by atoms with Crippen LogP contribution in [0, 0.1) is 11.7 Å². The third-order valence-electron chi connectivity index (χ3n) is 6.16.